The minimum Gasteiger partial charge on any atom is -0.253 e. The third-order valence-electron chi connectivity index (χ3n) is 26.2. The van der Waals surface area contributed by atoms with E-state index in [0.29, 0.717) is 46.6 Å². The van der Waals surface area contributed by atoms with Crippen LogP contribution in [0.15, 0.2) is 492 Å². The molecule has 0 radical (unpaired) electrons. The lowest BCUT2D eigenvalue weighted by Gasteiger charge is -2.14. The van der Waals surface area contributed by atoms with E-state index in [-0.39, 0.29) is 0 Å². The first-order chi connectivity index (χ1) is 71.3. The molecule has 27 rings (SSSR count). The summed E-state index contributed by atoms with van der Waals surface area (Å²) in [7, 11) is 0. The molecule has 0 unspecified atom stereocenters. The van der Waals surface area contributed by atoms with Crippen LogP contribution in [0, 0.1) is 0 Å². The number of fused-ring (bicyclic) bond motifs is 12. The zero-order valence-electron chi connectivity index (χ0n) is 77.5. The van der Waals surface area contributed by atoms with E-state index >= 15 is 0 Å². The predicted octanol–water partition coefficient (Wildman–Crippen LogP) is 31.4. The van der Waals surface area contributed by atoms with Gasteiger partial charge >= 0.3 is 0 Å². The van der Waals surface area contributed by atoms with Crippen molar-refractivity contribution in [3.63, 3.8) is 0 Å². The van der Waals surface area contributed by atoms with E-state index < -0.39 is 0 Å². The molecule has 15 nitrogen and oxygen atoms in total. The second-order valence-electron chi connectivity index (χ2n) is 35.2. The van der Waals surface area contributed by atoms with Crippen molar-refractivity contribution >= 4 is 97.3 Å². The Morgan fingerprint density at radius 1 is 0.118 bits per heavy atom. The lowest BCUT2D eigenvalue weighted by Crippen LogP contribution is -2.00. The van der Waals surface area contributed by atoms with Gasteiger partial charge < -0.3 is 0 Å². The average molecular weight is 1840 g/mol. The van der Waals surface area contributed by atoms with Crippen LogP contribution in [0.5, 0.6) is 0 Å². The molecule has 0 saturated carbocycles. The van der Waals surface area contributed by atoms with Gasteiger partial charge in [-0.1, -0.05) is 406 Å². The molecule has 0 aliphatic carbocycles. The number of rotatable bonds is 15. The summed E-state index contributed by atoms with van der Waals surface area (Å²) >= 11 is 0. The molecule has 15 heteroatoms. The van der Waals surface area contributed by atoms with Crippen molar-refractivity contribution in [3.8, 4) is 170 Å². The quantitative estimate of drug-likeness (QED) is 0.0879. The Morgan fingerprint density at radius 3 is 0.708 bits per heavy atom. The van der Waals surface area contributed by atoms with Gasteiger partial charge in [-0.05, 0) is 121 Å². The first kappa shape index (κ1) is 85.9. The first-order valence-corrected chi connectivity index (χ1v) is 47.8. The van der Waals surface area contributed by atoms with Crippen molar-refractivity contribution < 1.29 is 0 Å². The summed E-state index contributed by atoms with van der Waals surface area (Å²) in [6.07, 6.45) is 3.54. The molecule has 144 heavy (non-hydrogen) atoms. The predicted molar refractivity (Wildman–Crippen MR) is 585 cm³/mol. The van der Waals surface area contributed by atoms with Gasteiger partial charge in [0.2, 0.25) is 0 Å². The molecule has 672 valence electrons. The molecule has 0 spiro atoms. The van der Waals surface area contributed by atoms with Crippen LogP contribution >= 0.6 is 0 Å². The molecule has 0 saturated heterocycles. The second kappa shape index (κ2) is 38.0. The summed E-state index contributed by atoms with van der Waals surface area (Å²) in [6, 6.07) is 164. The second-order valence-corrected chi connectivity index (χ2v) is 35.2. The fourth-order valence-electron chi connectivity index (χ4n) is 19.1. The fraction of sp³-hybridized carbons (Fsp3) is 0. The van der Waals surface area contributed by atoms with E-state index in [4.69, 9.17) is 64.8 Å². The molecule has 8 heterocycles. The highest BCUT2D eigenvalue weighted by atomic mass is 15.0. The maximum atomic E-state index is 5.29. The number of hydrogen-bond donors (Lipinski definition) is 0. The van der Waals surface area contributed by atoms with Crippen LogP contribution in [-0.4, -0.2) is 74.8 Å². The van der Waals surface area contributed by atoms with Gasteiger partial charge in [0.15, 0.2) is 46.6 Å². The molecular weight excluding hydrogens is 1760 g/mol. The molecule has 0 aliphatic heterocycles. The van der Waals surface area contributed by atoms with Gasteiger partial charge in [0.05, 0.1) is 56.4 Å². The van der Waals surface area contributed by atoms with Gasteiger partial charge in [-0.25, -0.2) is 64.8 Å². The highest BCUT2D eigenvalue weighted by Crippen LogP contribution is 2.44. The van der Waals surface area contributed by atoms with Crippen molar-refractivity contribution in [3.05, 3.63) is 492 Å². The lowest BCUT2D eigenvalue weighted by atomic mass is 9.97. The number of pyridine rings is 2. The number of hydrogen-bond acceptors (Lipinski definition) is 15. The van der Waals surface area contributed by atoms with E-state index in [9.17, 15) is 0 Å². The van der Waals surface area contributed by atoms with Crippen molar-refractivity contribution in [1.82, 2.24) is 74.8 Å². The van der Waals surface area contributed by atoms with Gasteiger partial charge in [0.1, 0.15) is 11.4 Å². The molecule has 19 aromatic carbocycles. The van der Waals surface area contributed by atoms with Crippen molar-refractivity contribution in [2.45, 2.75) is 0 Å². The van der Waals surface area contributed by atoms with Crippen LogP contribution in [0.3, 0.4) is 0 Å². The molecule has 27 aromatic rings. The van der Waals surface area contributed by atoms with Gasteiger partial charge in [-0.2, -0.15) is 0 Å². The average Bonchev–Trinajstić information content (AvgIpc) is 0.752. The largest absolute Gasteiger partial charge is 0.253 e. The van der Waals surface area contributed by atoms with Crippen LogP contribution in [0.25, 0.3) is 268 Å². The summed E-state index contributed by atoms with van der Waals surface area (Å²) in [5, 5.41) is 16.1. The minimum absolute atomic E-state index is 0.577. The SMILES string of the molecule is c1ccc(-c2cc(-c3cccc4ccccc34)nc(-c3ccc4ccc5c(-c6ccccc6)nc(-c6ccccc6)nc5c4c3)n2)cc1.c1ccc(-c2nc(-c3ccccc3)nc(-c3ccc4ccc5c(-c6ccccc6)nc(-c6ccccn6)nc5c4c3)n2)cc1.c1ccc(-c2nc(-c3ccccn3)nc3c2ccc2ccc(-c4nc(-c5cccc6ccccc56)cc(-c5cccc6ccccc56)n4)cc23)cc1. The van der Waals surface area contributed by atoms with Crippen molar-refractivity contribution in [2.75, 3.05) is 0 Å². The molecule has 0 N–H and O–H groups in total. The highest BCUT2D eigenvalue weighted by molar-refractivity contribution is 6.14. The number of benzene rings is 19. The van der Waals surface area contributed by atoms with Crippen LogP contribution in [-0.2, 0) is 0 Å². The van der Waals surface area contributed by atoms with Crippen molar-refractivity contribution in [1.29, 1.82) is 0 Å². The van der Waals surface area contributed by atoms with E-state index in [1.54, 1.807) is 12.4 Å². The summed E-state index contributed by atoms with van der Waals surface area (Å²) < 4.78 is 0. The lowest BCUT2D eigenvalue weighted by molar-refractivity contribution is 1.07. The Balaban J connectivity index is 0.000000113. The van der Waals surface area contributed by atoms with Crippen molar-refractivity contribution in [2.24, 2.45) is 0 Å². The topological polar surface area (TPSA) is 193 Å². The Kier molecular flexibility index (Phi) is 22.6. The molecular formula is C129H81N15. The van der Waals surface area contributed by atoms with Gasteiger partial charge in [0, 0.05) is 117 Å². The Hall–Kier alpha value is -19.8. The summed E-state index contributed by atoms with van der Waals surface area (Å²) in [4.78, 5) is 75.6. The Bertz CT molecular complexity index is 9390. The number of aromatic nitrogens is 15. The zero-order chi connectivity index (χ0) is 95.6. The highest BCUT2D eigenvalue weighted by Gasteiger charge is 2.24. The molecule has 8 aromatic heterocycles. The van der Waals surface area contributed by atoms with Crippen LogP contribution in [0.1, 0.15) is 0 Å². The van der Waals surface area contributed by atoms with Crippen LogP contribution in [0.2, 0.25) is 0 Å². The maximum absolute atomic E-state index is 5.29. The van der Waals surface area contributed by atoms with E-state index in [1.165, 1.54) is 16.2 Å². The standard InChI is InChI=1S/C47H29N5.C44H28N4.C38H24N6/c1-2-14-33(15-3-1)44-39-26-25-32-23-24-34(28-40(32)45(39)52-47(51-44)41-22-8-9-27-48-41)46-49-42(37-20-10-16-30-12-4-6-18-35(30)37)29-43(50-46)38-21-11-17-31-13-5-7-19-36(31)38;1-4-14-31(15-5-1)39-28-40(36-22-12-20-29-13-10-11-21-35(29)36)46-44(45-39)34-24-23-30-25-26-37-41(32-16-6-2-7-17-32)47-43(33-18-8-3-9-19-33)48-42(37)38(30)27-34;1-4-12-26(13-5-1)33-30-22-21-25-19-20-29(24-31(25)34(30)41-38(40-33)32-18-10-11-23-39-32)37-43-35(27-14-6-2-7-15-27)42-36(44-37)28-16-8-3-9-17-28/h1-29H;1-28H;1-24H. The monoisotopic (exact) mass is 1840 g/mol. The minimum atomic E-state index is 0.577. The maximum Gasteiger partial charge on any atom is 0.179 e. The Morgan fingerprint density at radius 2 is 0.368 bits per heavy atom. The normalized spacial score (nSPS) is 11.3. The van der Waals surface area contributed by atoms with Gasteiger partial charge in [0.25, 0.3) is 0 Å². The molecule has 0 bridgehead atoms. The summed E-state index contributed by atoms with van der Waals surface area (Å²) in [5.74, 6) is 5.01. The van der Waals surface area contributed by atoms with Gasteiger partial charge in [-0.3, -0.25) is 9.97 Å². The number of nitrogens with zero attached hydrogens (tertiary/aromatic N) is 15. The van der Waals surface area contributed by atoms with E-state index in [0.717, 1.165) is 205 Å². The molecule has 0 aliphatic rings. The molecule has 0 fully saturated rings. The van der Waals surface area contributed by atoms with Gasteiger partial charge in [-0.15, -0.1) is 0 Å². The third-order valence-corrected chi connectivity index (χ3v) is 26.2. The Labute approximate surface area is 828 Å². The summed E-state index contributed by atoms with van der Waals surface area (Å²) in [5.41, 5.74) is 23.1. The zero-order valence-corrected chi connectivity index (χ0v) is 77.5. The third kappa shape index (κ3) is 17.0. The van der Waals surface area contributed by atoms with E-state index in [1.807, 2.05) is 176 Å². The fourth-order valence-corrected chi connectivity index (χ4v) is 19.1. The van der Waals surface area contributed by atoms with Crippen LogP contribution < -0.4 is 0 Å². The smallest absolute Gasteiger partial charge is 0.179 e. The molecule has 0 amide bonds. The van der Waals surface area contributed by atoms with Crippen LogP contribution in [0.4, 0.5) is 0 Å². The molecule has 0 atom stereocenters. The van der Waals surface area contributed by atoms with E-state index in [2.05, 4.69) is 313 Å². The summed E-state index contributed by atoms with van der Waals surface area (Å²) in [6.45, 7) is 0. The first-order valence-electron chi connectivity index (χ1n) is 47.8.